The van der Waals surface area contributed by atoms with Gasteiger partial charge < -0.3 is 14.5 Å². The van der Waals surface area contributed by atoms with Crippen molar-refractivity contribution in [2.24, 2.45) is 0 Å². The second-order valence-corrected chi connectivity index (χ2v) is 8.52. The molecule has 0 aliphatic carbocycles. The van der Waals surface area contributed by atoms with Gasteiger partial charge in [0.2, 0.25) is 0 Å². The Kier molecular flexibility index (Phi) is 5.02. The fourth-order valence-corrected chi connectivity index (χ4v) is 4.03. The summed E-state index contributed by atoms with van der Waals surface area (Å²) >= 11 is 0. The molecule has 3 aromatic rings. The van der Waals surface area contributed by atoms with E-state index in [1.54, 1.807) is 11.0 Å². The highest BCUT2D eigenvalue weighted by Crippen LogP contribution is 2.39. The largest absolute Gasteiger partial charge is 0.465 e. The van der Waals surface area contributed by atoms with Gasteiger partial charge in [0.1, 0.15) is 5.60 Å². The van der Waals surface area contributed by atoms with Crippen LogP contribution in [0.3, 0.4) is 0 Å². The second kappa shape index (κ2) is 7.52. The Morgan fingerprint density at radius 1 is 1.10 bits per heavy atom. The molecular formula is C24H26N2O4. The molecule has 1 aromatic heterocycles. The summed E-state index contributed by atoms with van der Waals surface area (Å²) in [6.45, 7) is 6.16. The quantitative estimate of drug-likeness (QED) is 0.619. The fourth-order valence-electron chi connectivity index (χ4n) is 4.03. The highest BCUT2D eigenvalue weighted by molar-refractivity contribution is 5.96. The average molecular weight is 406 g/mol. The molecule has 2 heterocycles. The molecule has 1 N–H and O–H groups in total. The number of fused-ring (bicyclic) bond motifs is 2. The Morgan fingerprint density at radius 2 is 1.87 bits per heavy atom. The number of esters is 1. The van der Waals surface area contributed by atoms with Gasteiger partial charge in [-0.3, -0.25) is 4.90 Å². The molecule has 1 aliphatic heterocycles. The molecule has 6 heteroatoms. The molecular weight excluding hydrogens is 380 g/mol. The summed E-state index contributed by atoms with van der Waals surface area (Å²) in [6, 6.07) is 13.3. The summed E-state index contributed by atoms with van der Waals surface area (Å²) in [5, 5.41) is 0.883. The number of amides is 1. The number of aromatic amines is 1. The van der Waals surface area contributed by atoms with Crippen molar-refractivity contribution in [3.05, 3.63) is 70.9 Å². The maximum absolute atomic E-state index is 13.1. The first-order chi connectivity index (χ1) is 14.3. The number of H-pyrrole nitrogens is 1. The van der Waals surface area contributed by atoms with E-state index in [2.05, 4.69) is 17.1 Å². The van der Waals surface area contributed by atoms with E-state index in [1.807, 2.05) is 51.2 Å². The topological polar surface area (TPSA) is 71.6 Å². The molecule has 0 bridgehead atoms. The van der Waals surface area contributed by atoms with Crippen LogP contribution in [-0.2, 0) is 15.9 Å². The summed E-state index contributed by atoms with van der Waals surface area (Å²) in [4.78, 5) is 30.2. The average Bonchev–Trinajstić information content (AvgIpc) is 3.13. The summed E-state index contributed by atoms with van der Waals surface area (Å²) in [7, 11) is 1.37. The van der Waals surface area contributed by atoms with Crippen LogP contribution in [-0.4, -0.2) is 41.2 Å². The highest BCUT2D eigenvalue weighted by Gasteiger charge is 2.35. The van der Waals surface area contributed by atoms with Gasteiger partial charge in [0.15, 0.2) is 0 Å². The third-order valence-corrected chi connectivity index (χ3v) is 5.34. The third-order valence-electron chi connectivity index (χ3n) is 5.34. The van der Waals surface area contributed by atoms with Crippen molar-refractivity contribution < 1.29 is 19.1 Å². The molecule has 0 radical (unpaired) electrons. The van der Waals surface area contributed by atoms with Crippen LogP contribution in [0.25, 0.3) is 10.9 Å². The van der Waals surface area contributed by atoms with E-state index in [4.69, 9.17) is 9.47 Å². The Balaban J connectivity index is 1.86. The predicted molar refractivity (Wildman–Crippen MR) is 115 cm³/mol. The predicted octanol–water partition coefficient (Wildman–Crippen LogP) is 4.84. The van der Waals surface area contributed by atoms with Crippen LogP contribution >= 0.6 is 0 Å². The molecule has 1 unspecified atom stereocenters. The number of benzene rings is 2. The minimum absolute atomic E-state index is 0.313. The lowest BCUT2D eigenvalue weighted by Gasteiger charge is -2.38. The lowest BCUT2D eigenvalue weighted by Crippen LogP contribution is -2.43. The Labute approximate surface area is 175 Å². The molecule has 2 aromatic carbocycles. The molecule has 1 aliphatic rings. The van der Waals surface area contributed by atoms with Crippen molar-refractivity contribution in [1.29, 1.82) is 0 Å². The van der Waals surface area contributed by atoms with E-state index in [9.17, 15) is 9.59 Å². The molecule has 0 saturated heterocycles. The van der Waals surface area contributed by atoms with E-state index in [1.165, 1.54) is 12.7 Å². The standard InChI is InChI=1S/C24H26N2O4/c1-24(2,3)30-23(28)26-12-11-15-7-5-6-8-17(15)21(26)19-14-25-20-10-9-16(13-18(19)20)22(27)29-4/h5-10,13-14,21,25H,11-12H2,1-4H3. The van der Waals surface area contributed by atoms with Crippen LogP contribution in [0.5, 0.6) is 0 Å². The first-order valence-electron chi connectivity index (χ1n) is 10.1. The van der Waals surface area contributed by atoms with Crippen LogP contribution in [0.2, 0.25) is 0 Å². The van der Waals surface area contributed by atoms with Gasteiger partial charge in [-0.2, -0.15) is 0 Å². The molecule has 4 rings (SSSR count). The van der Waals surface area contributed by atoms with Crippen LogP contribution in [0.15, 0.2) is 48.7 Å². The number of hydrogen-bond acceptors (Lipinski definition) is 4. The number of carbonyl (C=O) groups is 2. The van der Waals surface area contributed by atoms with Gasteiger partial charge in [-0.05, 0) is 56.5 Å². The first-order valence-corrected chi connectivity index (χ1v) is 10.1. The molecule has 1 atom stereocenters. The Hall–Kier alpha value is -3.28. The number of hydrogen-bond donors (Lipinski definition) is 1. The van der Waals surface area contributed by atoms with Crippen LogP contribution in [0, 0.1) is 0 Å². The van der Waals surface area contributed by atoms with Gasteiger partial charge in [0, 0.05) is 29.2 Å². The van der Waals surface area contributed by atoms with E-state index in [0.29, 0.717) is 12.1 Å². The summed E-state index contributed by atoms with van der Waals surface area (Å²) in [5.41, 5.74) is 3.98. The third kappa shape index (κ3) is 3.65. The number of ether oxygens (including phenoxy) is 2. The van der Waals surface area contributed by atoms with Gasteiger partial charge in [-0.15, -0.1) is 0 Å². The van der Waals surface area contributed by atoms with Crippen molar-refractivity contribution in [2.45, 2.75) is 38.8 Å². The lowest BCUT2D eigenvalue weighted by atomic mass is 9.88. The second-order valence-electron chi connectivity index (χ2n) is 8.52. The summed E-state index contributed by atoms with van der Waals surface area (Å²) in [6.07, 6.45) is 2.33. The van der Waals surface area contributed by atoms with Crippen molar-refractivity contribution in [1.82, 2.24) is 9.88 Å². The van der Waals surface area contributed by atoms with E-state index in [-0.39, 0.29) is 12.1 Å². The Bertz CT molecular complexity index is 1110. The molecule has 1 amide bonds. The maximum Gasteiger partial charge on any atom is 0.411 e. The summed E-state index contributed by atoms with van der Waals surface area (Å²) in [5.74, 6) is -0.392. The number of nitrogens with zero attached hydrogens (tertiary/aromatic N) is 1. The lowest BCUT2D eigenvalue weighted by molar-refractivity contribution is 0.0179. The zero-order valence-electron chi connectivity index (χ0n) is 17.7. The molecule has 156 valence electrons. The molecule has 0 saturated carbocycles. The van der Waals surface area contributed by atoms with Crippen LogP contribution < -0.4 is 0 Å². The minimum atomic E-state index is -0.586. The first kappa shape index (κ1) is 20.0. The summed E-state index contributed by atoms with van der Waals surface area (Å²) < 4.78 is 10.6. The van der Waals surface area contributed by atoms with Gasteiger partial charge in [-0.1, -0.05) is 24.3 Å². The maximum atomic E-state index is 13.1. The van der Waals surface area contributed by atoms with E-state index in [0.717, 1.165) is 28.5 Å². The number of methoxy groups -OCH3 is 1. The van der Waals surface area contributed by atoms with Gasteiger partial charge in [0.05, 0.1) is 18.7 Å². The molecule has 0 spiro atoms. The minimum Gasteiger partial charge on any atom is -0.465 e. The van der Waals surface area contributed by atoms with Crippen molar-refractivity contribution in [3.63, 3.8) is 0 Å². The van der Waals surface area contributed by atoms with Crippen LogP contribution in [0.4, 0.5) is 4.79 Å². The highest BCUT2D eigenvalue weighted by atomic mass is 16.6. The number of aromatic nitrogens is 1. The number of rotatable bonds is 2. The van der Waals surface area contributed by atoms with Crippen molar-refractivity contribution in [2.75, 3.05) is 13.7 Å². The number of nitrogens with one attached hydrogen (secondary N) is 1. The SMILES string of the molecule is COC(=O)c1ccc2[nH]cc(C3c4ccccc4CCN3C(=O)OC(C)(C)C)c2c1. The van der Waals surface area contributed by atoms with E-state index < -0.39 is 11.6 Å². The zero-order valence-corrected chi connectivity index (χ0v) is 17.7. The zero-order chi connectivity index (χ0) is 21.5. The Morgan fingerprint density at radius 3 is 2.60 bits per heavy atom. The van der Waals surface area contributed by atoms with Gasteiger partial charge in [0.25, 0.3) is 0 Å². The monoisotopic (exact) mass is 406 g/mol. The van der Waals surface area contributed by atoms with E-state index >= 15 is 0 Å². The molecule has 0 fully saturated rings. The van der Waals surface area contributed by atoms with Crippen molar-refractivity contribution >= 4 is 23.0 Å². The van der Waals surface area contributed by atoms with Gasteiger partial charge >= 0.3 is 12.1 Å². The molecule has 6 nitrogen and oxygen atoms in total. The van der Waals surface area contributed by atoms with Crippen molar-refractivity contribution in [3.8, 4) is 0 Å². The number of carbonyl (C=O) groups excluding carboxylic acids is 2. The molecule has 30 heavy (non-hydrogen) atoms. The fraction of sp³-hybridized carbons (Fsp3) is 0.333. The van der Waals surface area contributed by atoms with Crippen LogP contribution in [0.1, 0.15) is 53.9 Å². The normalized spacial score (nSPS) is 16.3. The smallest absolute Gasteiger partial charge is 0.411 e. The van der Waals surface area contributed by atoms with Gasteiger partial charge in [-0.25, -0.2) is 9.59 Å².